The van der Waals surface area contributed by atoms with Gasteiger partial charge in [-0.15, -0.1) is 0 Å². The molecule has 0 bridgehead atoms. The van der Waals surface area contributed by atoms with Gasteiger partial charge in [0.05, 0.1) is 18.8 Å². The highest BCUT2D eigenvalue weighted by atomic mass is 19.1. The third kappa shape index (κ3) is 3.71. The van der Waals surface area contributed by atoms with Gasteiger partial charge in [0.25, 0.3) is 5.91 Å². The Hall–Kier alpha value is -2.46. The van der Waals surface area contributed by atoms with Crippen LogP contribution in [0, 0.1) is 5.82 Å². The number of hydrogen-bond donors (Lipinski definition) is 2. The van der Waals surface area contributed by atoms with E-state index in [1.165, 1.54) is 22.1 Å². The molecule has 2 N–H and O–H groups in total. The molecule has 24 heavy (non-hydrogen) atoms. The van der Waals surface area contributed by atoms with Gasteiger partial charge in [0.2, 0.25) is 0 Å². The fourth-order valence-corrected chi connectivity index (χ4v) is 3.05. The molecule has 0 saturated carbocycles. The van der Waals surface area contributed by atoms with Crippen LogP contribution >= 0.6 is 0 Å². The molecule has 3 nitrogen and oxygen atoms in total. The second-order valence-corrected chi connectivity index (χ2v) is 6.15. The fraction of sp³-hybridized carbons (Fsp3) is 0.250. The van der Waals surface area contributed by atoms with Crippen LogP contribution in [0.3, 0.4) is 0 Å². The van der Waals surface area contributed by atoms with Crippen molar-refractivity contribution in [2.45, 2.75) is 19.4 Å². The summed E-state index contributed by atoms with van der Waals surface area (Å²) < 4.78 is 13.7. The summed E-state index contributed by atoms with van der Waals surface area (Å²) in [5.41, 5.74) is 2.83. The number of carbonyl (C=O) groups excluding carboxylic acids is 1. The summed E-state index contributed by atoms with van der Waals surface area (Å²) in [5.74, 6) is -0.551. The lowest BCUT2D eigenvalue weighted by molar-refractivity contribution is -0.909. The molecule has 4 heteroatoms. The SMILES string of the molecule is C[C@@H](C(=O)Nc1ccccc1F)[NH+]1CC=C(c2ccccc2)CC1. The van der Waals surface area contributed by atoms with Crippen LogP contribution in [0.4, 0.5) is 10.1 Å². The van der Waals surface area contributed by atoms with E-state index in [-0.39, 0.29) is 17.6 Å². The molecule has 2 aromatic rings. The summed E-state index contributed by atoms with van der Waals surface area (Å²) in [6.45, 7) is 3.59. The molecule has 1 unspecified atom stereocenters. The zero-order valence-corrected chi connectivity index (χ0v) is 13.8. The van der Waals surface area contributed by atoms with Gasteiger partial charge in [0, 0.05) is 6.42 Å². The third-order valence-electron chi connectivity index (χ3n) is 4.61. The van der Waals surface area contributed by atoms with Crippen LogP contribution in [0.2, 0.25) is 0 Å². The first kappa shape index (κ1) is 16.4. The second-order valence-electron chi connectivity index (χ2n) is 6.15. The number of amides is 1. The van der Waals surface area contributed by atoms with Crippen LogP contribution in [0.5, 0.6) is 0 Å². The lowest BCUT2D eigenvalue weighted by Crippen LogP contribution is -3.17. The van der Waals surface area contributed by atoms with Crippen molar-refractivity contribution in [1.29, 1.82) is 0 Å². The Morgan fingerprint density at radius 2 is 1.83 bits per heavy atom. The van der Waals surface area contributed by atoms with E-state index in [9.17, 15) is 9.18 Å². The van der Waals surface area contributed by atoms with Crippen molar-refractivity contribution >= 4 is 17.2 Å². The Morgan fingerprint density at radius 1 is 1.12 bits per heavy atom. The number of hydrogen-bond acceptors (Lipinski definition) is 1. The number of halogens is 1. The smallest absolute Gasteiger partial charge is 0.282 e. The van der Waals surface area contributed by atoms with Crippen molar-refractivity contribution in [3.8, 4) is 0 Å². The predicted octanol–water partition coefficient (Wildman–Crippen LogP) is 2.52. The van der Waals surface area contributed by atoms with E-state index in [0.29, 0.717) is 0 Å². The van der Waals surface area contributed by atoms with Crippen molar-refractivity contribution in [3.63, 3.8) is 0 Å². The molecule has 0 fully saturated rings. The number of benzene rings is 2. The van der Waals surface area contributed by atoms with Gasteiger partial charge in [-0.3, -0.25) is 4.79 Å². The van der Waals surface area contributed by atoms with Crippen molar-refractivity contribution < 1.29 is 14.1 Å². The monoisotopic (exact) mass is 325 g/mol. The maximum Gasteiger partial charge on any atom is 0.282 e. The highest BCUT2D eigenvalue weighted by molar-refractivity contribution is 5.93. The summed E-state index contributed by atoms with van der Waals surface area (Å²) >= 11 is 0. The van der Waals surface area contributed by atoms with Gasteiger partial charge >= 0.3 is 0 Å². The lowest BCUT2D eigenvalue weighted by Gasteiger charge is -2.28. The van der Waals surface area contributed by atoms with E-state index < -0.39 is 5.82 Å². The Balaban J connectivity index is 1.62. The summed E-state index contributed by atoms with van der Waals surface area (Å²) in [7, 11) is 0. The van der Waals surface area contributed by atoms with Crippen LogP contribution in [0.1, 0.15) is 18.9 Å². The molecule has 2 atom stereocenters. The lowest BCUT2D eigenvalue weighted by atomic mass is 9.99. The normalized spacial score (nSPS) is 18.6. The molecule has 1 aliphatic rings. The maximum absolute atomic E-state index is 13.7. The molecule has 2 aromatic carbocycles. The minimum absolute atomic E-state index is 0.147. The van der Waals surface area contributed by atoms with E-state index in [1.54, 1.807) is 18.2 Å². The molecule has 0 saturated heterocycles. The first-order chi connectivity index (χ1) is 11.6. The van der Waals surface area contributed by atoms with Crippen LogP contribution in [0.25, 0.3) is 5.57 Å². The Labute approximate surface area is 141 Å². The summed E-state index contributed by atoms with van der Waals surface area (Å²) in [6, 6.07) is 16.4. The Kier molecular flexibility index (Phi) is 5.06. The predicted molar refractivity (Wildman–Crippen MR) is 94.2 cm³/mol. The molecule has 0 aromatic heterocycles. The first-order valence-corrected chi connectivity index (χ1v) is 8.29. The molecular formula is C20H22FN2O+. The third-order valence-corrected chi connectivity index (χ3v) is 4.61. The number of para-hydroxylation sites is 1. The van der Waals surface area contributed by atoms with E-state index in [0.717, 1.165) is 19.5 Å². The van der Waals surface area contributed by atoms with Gasteiger partial charge in [-0.05, 0) is 36.3 Å². The highest BCUT2D eigenvalue weighted by Crippen LogP contribution is 2.18. The summed E-state index contributed by atoms with van der Waals surface area (Å²) in [4.78, 5) is 13.6. The molecule has 124 valence electrons. The zero-order chi connectivity index (χ0) is 16.9. The van der Waals surface area contributed by atoms with E-state index in [1.807, 2.05) is 25.1 Å². The first-order valence-electron chi connectivity index (χ1n) is 8.29. The Bertz CT molecular complexity index is 742. The maximum atomic E-state index is 13.7. The quantitative estimate of drug-likeness (QED) is 0.890. The number of quaternary nitrogens is 1. The molecule has 0 radical (unpaired) electrons. The van der Waals surface area contributed by atoms with E-state index >= 15 is 0 Å². The van der Waals surface area contributed by atoms with Crippen LogP contribution in [-0.2, 0) is 4.79 Å². The van der Waals surface area contributed by atoms with Gasteiger partial charge in [0.15, 0.2) is 6.04 Å². The van der Waals surface area contributed by atoms with Gasteiger partial charge in [0.1, 0.15) is 5.82 Å². The van der Waals surface area contributed by atoms with Gasteiger partial charge in [-0.1, -0.05) is 42.5 Å². The molecular weight excluding hydrogens is 303 g/mol. The van der Waals surface area contributed by atoms with Crippen LogP contribution in [0.15, 0.2) is 60.7 Å². The van der Waals surface area contributed by atoms with Gasteiger partial charge in [-0.2, -0.15) is 0 Å². The summed E-state index contributed by atoms with van der Waals surface area (Å²) in [5, 5.41) is 2.69. The number of carbonyl (C=O) groups is 1. The van der Waals surface area contributed by atoms with Gasteiger partial charge < -0.3 is 10.2 Å². The topological polar surface area (TPSA) is 33.5 Å². The minimum Gasteiger partial charge on any atom is -0.321 e. The fourth-order valence-electron chi connectivity index (χ4n) is 3.05. The number of rotatable bonds is 4. The summed E-state index contributed by atoms with van der Waals surface area (Å²) in [6.07, 6.45) is 3.15. The molecule has 1 amide bonds. The van der Waals surface area contributed by atoms with E-state index in [2.05, 4.69) is 23.5 Å². The van der Waals surface area contributed by atoms with Crippen LogP contribution < -0.4 is 10.2 Å². The van der Waals surface area contributed by atoms with E-state index in [4.69, 9.17) is 0 Å². The average molecular weight is 325 g/mol. The van der Waals surface area contributed by atoms with Crippen LogP contribution in [-0.4, -0.2) is 25.0 Å². The number of nitrogens with one attached hydrogen (secondary N) is 2. The molecule has 0 aliphatic carbocycles. The number of anilines is 1. The standard InChI is InChI=1S/C20H21FN2O/c1-15(20(24)22-19-10-6-5-9-18(19)21)23-13-11-17(12-14-23)16-7-3-2-4-8-16/h2-11,15H,12-14H2,1H3,(H,22,24)/p+1/t15-/m0/s1. The molecule has 1 aliphatic heterocycles. The average Bonchev–Trinajstić information content (AvgIpc) is 2.64. The largest absolute Gasteiger partial charge is 0.321 e. The zero-order valence-electron chi connectivity index (χ0n) is 13.8. The minimum atomic E-state index is -0.405. The van der Waals surface area contributed by atoms with Crippen molar-refractivity contribution in [1.82, 2.24) is 0 Å². The Morgan fingerprint density at radius 3 is 2.50 bits per heavy atom. The molecule has 1 heterocycles. The highest BCUT2D eigenvalue weighted by Gasteiger charge is 2.27. The van der Waals surface area contributed by atoms with Gasteiger partial charge in [-0.25, -0.2) is 4.39 Å². The van der Waals surface area contributed by atoms with Crippen molar-refractivity contribution in [3.05, 3.63) is 72.1 Å². The second kappa shape index (κ2) is 7.41. The molecule has 3 rings (SSSR count). The van der Waals surface area contributed by atoms with Crippen molar-refractivity contribution in [2.75, 3.05) is 18.4 Å². The van der Waals surface area contributed by atoms with Crippen molar-refractivity contribution in [2.24, 2.45) is 0 Å². The molecule has 0 spiro atoms.